The van der Waals surface area contributed by atoms with Crippen molar-refractivity contribution in [3.8, 4) is 0 Å². The maximum absolute atomic E-state index is 5.73. The van der Waals surface area contributed by atoms with Crippen molar-refractivity contribution in [3.63, 3.8) is 0 Å². The average Bonchev–Trinajstić information content (AvgIpc) is 2.86. The Hall–Kier alpha value is -1.88. The maximum atomic E-state index is 5.73. The van der Waals surface area contributed by atoms with Gasteiger partial charge in [0.25, 0.3) is 0 Å². The van der Waals surface area contributed by atoms with Gasteiger partial charge in [0, 0.05) is 24.8 Å². The van der Waals surface area contributed by atoms with Gasteiger partial charge < -0.3 is 15.0 Å². The Morgan fingerprint density at radius 1 is 1.26 bits per heavy atom. The van der Waals surface area contributed by atoms with Crippen molar-refractivity contribution in [1.82, 2.24) is 14.8 Å². The number of benzene rings is 1. The largest absolute Gasteiger partial charge is 0.399 e. The molecule has 0 amide bonds. The predicted molar refractivity (Wildman–Crippen MR) is 74.9 cm³/mol. The fraction of sp³-hybridized carbons (Fsp3) is 0.429. The summed E-state index contributed by atoms with van der Waals surface area (Å²) in [4.78, 5) is 0. The van der Waals surface area contributed by atoms with E-state index in [1.165, 1.54) is 0 Å². The lowest BCUT2D eigenvalue weighted by molar-refractivity contribution is 0.185. The zero-order valence-electron chi connectivity index (χ0n) is 11.6. The Morgan fingerprint density at radius 2 is 1.95 bits per heavy atom. The maximum Gasteiger partial charge on any atom is 0.142 e. The number of methoxy groups -OCH3 is 1. The molecule has 2 rings (SSSR count). The lowest BCUT2D eigenvalue weighted by Gasteiger charge is -2.25. The van der Waals surface area contributed by atoms with Crippen LogP contribution in [0.25, 0.3) is 0 Å². The van der Waals surface area contributed by atoms with Crippen molar-refractivity contribution < 1.29 is 4.74 Å². The first-order valence-electron chi connectivity index (χ1n) is 6.29. The Kier molecular flexibility index (Phi) is 3.85. The molecule has 0 aliphatic carbocycles. The molecule has 1 heterocycles. The summed E-state index contributed by atoms with van der Waals surface area (Å²) in [6.45, 7) is 5.65. The van der Waals surface area contributed by atoms with Gasteiger partial charge >= 0.3 is 0 Å². The monoisotopic (exact) mass is 260 g/mol. The molecule has 0 saturated carbocycles. The van der Waals surface area contributed by atoms with E-state index in [4.69, 9.17) is 10.5 Å². The summed E-state index contributed by atoms with van der Waals surface area (Å²) in [5.41, 5.74) is 7.44. The zero-order chi connectivity index (χ0) is 13.9. The van der Waals surface area contributed by atoms with E-state index in [0.29, 0.717) is 6.61 Å². The molecule has 1 aromatic carbocycles. The topological polar surface area (TPSA) is 66.0 Å². The van der Waals surface area contributed by atoms with Crippen LogP contribution in [0.2, 0.25) is 0 Å². The van der Waals surface area contributed by atoms with Crippen LogP contribution in [0.3, 0.4) is 0 Å². The Balaban J connectivity index is 2.33. The highest BCUT2D eigenvalue weighted by molar-refractivity contribution is 5.43. The molecule has 1 aromatic heterocycles. The van der Waals surface area contributed by atoms with Crippen LogP contribution in [0.4, 0.5) is 5.69 Å². The summed E-state index contributed by atoms with van der Waals surface area (Å²) in [5.74, 6) is 0.925. The summed E-state index contributed by atoms with van der Waals surface area (Å²) in [6, 6.07) is 7.88. The highest BCUT2D eigenvalue weighted by Crippen LogP contribution is 2.30. The van der Waals surface area contributed by atoms with Gasteiger partial charge in [-0.05, 0) is 31.5 Å². The van der Waals surface area contributed by atoms with E-state index in [-0.39, 0.29) is 5.41 Å². The number of anilines is 1. The summed E-state index contributed by atoms with van der Waals surface area (Å²) in [7, 11) is 1.69. The Morgan fingerprint density at radius 3 is 2.58 bits per heavy atom. The number of ether oxygens (including phenoxy) is 1. The van der Waals surface area contributed by atoms with Crippen molar-refractivity contribution in [3.05, 3.63) is 42.0 Å². The van der Waals surface area contributed by atoms with E-state index in [9.17, 15) is 0 Å². The molecule has 0 unspecified atom stereocenters. The second-order valence-corrected chi connectivity index (χ2v) is 5.09. The second kappa shape index (κ2) is 5.40. The number of hydrogen-bond donors (Lipinski definition) is 1. The molecule has 0 saturated heterocycles. The first-order valence-corrected chi connectivity index (χ1v) is 6.29. The lowest BCUT2D eigenvalue weighted by Crippen LogP contribution is -2.25. The minimum atomic E-state index is -0.224. The van der Waals surface area contributed by atoms with Gasteiger partial charge in [-0.3, -0.25) is 0 Å². The molecule has 0 aliphatic rings. The highest BCUT2D eigenvalue weighted by Gasteiger charge is 2.28. The van der Waals surface area contributed by atoms with E-state index in [2.05, 4.69) is 24.0 Å². The summed E-state index contributed by atoms with van der Waals surface area (Å²) in [6.07, 6.45) is 1.74. The molecule has 102 valence electrons. The second-order valence-electron chi connectivity index (χ2n) is 5.09. The molecule has 0 fully saturated rings. The smallest absolute Gasteiger partial charge is 0.142 e. The SMILES string of the molecule is COCCn1cnnc1C(C)(C)c1ccc(N)cc1. The summed E-state index contributed by atoms with van der Waals surface area (Å²) >= 11 is 0. The molecular weight excluding hydrogens is 240 g/mol. The van der Waals surface area contributed by atoms with Gasteiger partial charge in [0.2, 0.25) is 0 Å². The van der Waals surface area contributed by atoms with Crippen LogP contribution < -0.4 is 5.73 Å². The molecule has 5 heteroatoms. The van der Waals surface area contributed by atoms with E-state index in [0.717, 1.165) is 23.6 Å². The third-order valence-corrected chi connectivity index (χ3v) is 3.34. The fourth-order valence-electron chi connectivity index (χ4n) is 2.12. The molecule has 2 N–H and O–H groups in total. The van der Waals surface area contributed by atoms with Crippen molar-refractivity contribution in [1.29, 1.82) is 0 Å². The van der Waals surface area contributed by atoms with E-state index >= 15 is 0 Å². The normalized spacial score (nSPS) is 11.7. The van der Waals surface area contributed by atoms with Crippen LogP contribution in [0.15, 0.2) is 30.6 Å². The van der Waals surface area contributed by atoms with Gasteiger partial charge in [-0.25, -0.2) is 0 Å². The first-order chi connectivity index (χ1) is 9.05. The molecular formula is C14H20N4O. The van der Waals surface area contributed by atoms with Gasteiger partial charge in [0.05, 0.1) is 6.61 Å². The molecule has 2 aromatic rings. The fourth-order valence-corrected chi connectivity index (χ4v) is 2.12. The minimum absolute atomic E-state index is 0.224. The molecule has 0 radical (unpaired) electrons. The Labute approximate surface area is 113 Å². The van der Waals surface area contributed by atoms with Crippen molar-refractivity contribution in [2.24, 2.45) is 0 Å². The van der Waals surface area contributed by atoms with Gasteiger partial charge in [0.15, 0.2) is 0 Å². The summed E-state index contributed by atoms with van der Waals surface area (Å²) in [5, 5.41) is 8.28. The number of rotatable bonds is 5. The number of aromatic nitrogens is 3. The first kappa shape index (κ1) is 13.5. The number of nitrogens with zero attached hydrogens (tertiary/aromatic N) is 3. The van der Waals surface area contributed by atoms with Crippen LogP contribution in [0, 0.1) is 0 Å². The van der Waals surface area contributed by atoms with E-state index in [1.54, 1.807) is 13.4 Å². The molecule has 0 spiro atoms. The quantitative estimate of drug-likeness (QED) is 0.833. The van der Waals surface area contributed by atoms with Crippen molar-refractivity contribution >= 4 is 5.69 Å². The highest BCUT2D eigenvalue weighted by atomic mass is 16.5. The van der Waals surface area contributed by atoms with Crippen LogP contribution in [-0.4, -0.2) is 28.5 Å². The molecule has 0 atom stereocenters. The Bertz CT molecular complexity index is 531. The minimum Gasteiger partial charge on any atom is -0.399 e. The van der Waals surface area contributed by atoms with Crippen LogP contribution >= 0.6 is 0 Å². The standard InChI is InChI=1S/C14H20N4O/c1-14(2,11-4-6-12(15)7-5-11)13-17-16-10-18(13)8-9-19-3/h4-7,10H,8-9,15H2,1-3H3. The van der Waals surface area contributed by atoms with Crippen LogP contribution in [-0.2, 0) is 16.7 Å². The van der Waals surface area contributed by atoms with Crippen LogP contribution in [0.1, 0.15) is 25.2 Å². The third-order valence-electron chi connectivity index (χ3n) is 3.34. The van der Waals surface area contributed by atoms with Gasteiger partial charge in [-0.1, -0.05) is 12.1 Å². The van der Waals surface area contributed by atoms with Gasteiger partial charge in [-0.15, -0.1) is 10.2 Å². The molecule has 0 bridgehead atoms. The van der Waals surface area contributed by atoms with Crippen LogP contribution in [0.5, 0.6) is 0 Å². The molecule has 5 nitrogen and oxygen atoms in total. The van der Waals surface area contributed by atoms with Gasteiger partial charge in [-0.2, -0.15) is 0 Å². The number of nitrogen functional groups attached to an aromatic ring is 1. The predicted octanol–water partition coefficient (Wildman–Crippen LogP) is 1.83. The third kappa shape index (κ3) is 2.76. The van der Waals surface area contributed by atoms with Crippen molar-refractivity contribution in [2.75, 3.05) is 19.5 Å². The number of nitrogens with two attached hydrogens (primary N) is 1. The summed E-state index contributed by atoms with van der Waals surface area (Å²) < 4.78 is 7.14. The number of hydrogen-bond acceptors (Lipinski definition) is 4. The van der Waals surface area contributed by atoms with Crippen molar-refractivity contribution in [2.45, 2.75) is 25.8 Å². The zero-order valence-corrected chi connectivity index (χ0v) is 11.6. The molecule has 19 heavy (non-hydrogen) atoms. The average molecular weight is 260 g/mol. The van der Waals surface area contributed by atoms with Gasteiger partial charge in [0.1, 0.15) is 12.2 Å². The lowest BCUT2D eigenvalue weighted by atomic mass is 9.83. The molecule has 0 aliphatic heterocycles. The van der Waals surface area contributed by atoms with E-state index in [1.807, 2.05) is 28.8 Å². The van der Waals surface area contributed by atoms with E-state index < -0.39 is 0 Å².